The SMILES string of the molecule is CC(=O)c1ccc(-c2ccc(C(=O)C(=O)N3CCN(C(=O)c4ccccc4)C[C@H]3C)cc2)s1. The molecule has 2 amide bonds. The molecule has 1 atom stereocenters. The second kappa shape index (κ2) is 9.50. The number of nitrogens with zero attached hydrogens (tertiary/aromatic N) is 2. The van der Waals surface area contributed by atoms with Crippen molar-refractivity contribution in [2.45, 2.75) is 19.9 Å². The molecule has 1 saturated heterocycles. The van der Waals surface area contributed by atoms with Crippen molar-refractivity contribution in [3.05, 3.63) is 82.7 Å². The summed E-state index contributed by atoms with van der Waals surface area (Å²) >= 11 is 1.40. The van der Waals surface area contributed by atoms with Gasteiger partial charge in [-0.15, -0.1) is 11.3 Å². The normalized spacial score (nSPS) is 15.9. The molecule has 1 aromatic heterocycles. The molecular weight excluding hydrogens is 436 g/mol. The van der Waals surface area contributed by atoms with Gasteiger partial charge in [-0.1, -0.05) is 42.5 Å². The third-order valence-corrected chi connectivity index (χ3v) is 7.01. The van der Waals surface area contributed by atoms with Crippen molar-refractivity contribution in [1.82, 2.24) is 9.80 Å². The lowest BCUT2D eigenvalue weighted by Gasteiger charge is -2.39. The van der Waals surface area contributed by atoms with E-state index in [1.165, 1.54) is 18.3 Å². The van der Waals surface area contributed by atoms with E-state index in [4.69, 9.17) is 0 Å². The maximum absolute atomic E-state index is 12.9. The molecule has 168 valence electrons. The van der Waals surface area contributed by atoms with Crippen molar-refractivity contribution in [2.75, 3.05) is 19.6 Å². The minimum absolute atomic E-state index is 0.0170. The topological polar surface area (TPSA) is 74.8 Å². The minimum Gasteiger partial charge on any atom is -0.335 e. The maximum atomic E-state index is 12.9. The highest BCUT2D eigenvalue weighted by Crippen LogP contribution is 2.28. The predicted molar refractivity (Wildman–Crippen MR) is 128 cm³/mol. The lowest BCUT2D eigenvalue weighted by molar-refractivity contribution is -0.130. The Bertz CT molecular complexity index is 1200. The van der Waals surface area contributed by atoms with Gasteiger partial charge in [0.1, 0.15) is 0 Å². The number of thiophene rings is 1. The number of hydrogen-bond acceptors (Lipinski definition) is 5. The van der Waals surface area contributed by atoms with Gasteiger partial charge in [-0.05, 0) is 43.7 Å². The standard InChI is InChI=1S/C26H24N2O4S/c1-17-16-27(25(31)21-6-4-3-5-7-21)14-15-28(17)26(32)24(30)20-10-8-19(9-11-20)23-13-12-22(33-23)18(2)29/h3-13,17H,14-16H2,1-2H3/t17-/m1/s1. The van der Waals surface area contributed by atoms with Crippen molar-refractivity contribution in [1.29, 1.82) is 0 Å². The highest BCUT2D eigenvalue weighted by Gasteiger charge is 2.33. The van der Waals surface area contributed by atoms with Gasteiger partial charge in [0.15, 0.2) is 5.78 Å². The van der Waals surface area contributed by atoms with E-state index in [1.807, 2.05) is 31.2 Å². The summed E-state index contributed by atoms with van der Waals surface area (Å²) in [5.41, 5.74) is 1.82. The molecule has 3 aromatic rings. The van der Waals surface area contributed by atoms with E-state index in [1.54, 1.807) is 52.3 Å². The molecule has 1 aliphatic rings. The Morgan fingerprint density at radius 2 is 1.55 bits per heavy atom. The van der Waals surface area contributed by atoms with Gasteiger partial charge in [0.05, 0.1) is 4.88 Å². The van der Waals surface area contributed by atoms with E-state index in [2.05, 4.69) is 0 Å². The lowest BCUT2D eigenvalue weighted by atomic mass is 10.0. The average molecular weight is 461 g/mol. The molecule has 0 N–H and O–H groups in total. The highest BCUT2D eigenvalue weighted by molar-refractivity contribution is 7.17. The number of amides is 2. The third kappa shape index (κ3) is 4.78. The smallest absolute Gasteiger partial charge is 0.295 e. The molecular formula is C26H24N2O4S. The second-order valence-electron chi connectivity index (χ2n) is 8.09. The van der Waals surface area contributed by atoms with Crippen LogP contribution >= 0.6 is 11.3 Å². The Balaban J connectivity index is 1.41. The summed E-state index contributed by atoms with van der Waals surface area (Å²) in [6.45, 7) is 4.45. The van der Waals surface area contributed by atoms with Crippen LogP contribution in [-0.2, 0) is 4.79 Å². The number of rotatable bonds is 5. The zero-order valence-electron chi connectivity index (χ0n) is 18.5. The molecule has 0 radical (unpaired) electrons. The molecule has 0 spiro atoms. The fraction of sp³-hybridized carbons (Fsp3) is 0.231. The first-order chi connectivity index (χ1) is 15.8. The van der Waals surface area contributed by atoms with Crippen LogP contribution in [0.15, 0.2) is 66.7 Å². The van der Waals surface area contributed by atoms with Crippen LogP contribution in [0.25, 0.3) is 10.4 Å². The monoisotopic (exact) mass is 460 g/mol. The van der Waals surface area contributed by atoms with Crippen molar-refractivity contribution in [3.8, 4) is 10.4 Å². The Morgan fingerprint density at radius 1 is 0.848 bits per heavy atom. The number of benzene rings is 2. The molecule has 1 aliphatic heterocycles. The van der Waals surface area contributed by atoms with Crippen LogP contribution in [-0.4, -0.2) is 58.9 Å². The number of Topliss-reactive ketones (excluding diaryl/α,β-unsaturated/α-hetero) is 2. The third-order valence-electron chi connectivity index (χ3n) is 5.78. The molecule has 2 aromatic carbocycles. The van der Waals surface area contributed by atoms with Crippen LogP contribution in [0, 0.1) is 0 Å². The Labute approximate surface area is 196 Å². The van der Waals surface area contributed by atoms with E-state index in [-0.39, 0.29) is 17.7 Å². The molecule has 0 saturated carbocycles. The Hall–Kier alpha value is -3.58. The second-order valence-corrected chi connectivity index (χ2v) is 9.18. The molecule has 6 nitrogen and oxygen atoms in total. The molecule has 7 heteroatoms. The van der Waals surface area contributed by atoms with Gasteiger partial charge in [-0.25, -0.2) is 0 Å². The molecule has 2 heterocycles. The van der Waals surface area contributed by atoms with E-state index in [0.717, 1.165) is 10.4 Å². The van der Waals surface area contributed by atoms with Crippen LogP contribution in [0.5, 0.6) is 0 Å². The predicted octanol–water partition coefficient (Wildman–Crippen LogP) is 4.17. The van der Waals surface area contributed by atoms with Crippen molar-refractivity contribution < 1.29 is 19.2 Å². The first-order valence-corrected chi connectivity index (χ1v) is 11.6. The zero-order valence-corrected chi connectivity index (χ0v) is 19.3. The number of carbonyl (C=O) groups is 4. The summed E-state index contributed by atoms with van der Waals surface area (Å²) in [5, 5.41) is 0. The summed E-state index contributed by atoms with van der Waals surface area (Å²) in [5.74, 6) is -1.18. The van der Waals surface area contributed by atoms with Gasteiger partial charge in [0.2, 0.25) is 5.78 Å². The summed E-state index contributed by atoms with van der Waals surface area (Å²) in [7, 11) is 0. The van der Waals surface area contributed by atoms with Crippen LogP contribution in [0.3, 0.4) is 0 Å². The van der Waals surface area contributed by atoms with Crippen LogP contribution in [0.1, 0.15) is 44.2 Å². The minimum atomic E-state index is -0.563. The van der Waals surface area contributed by atoms with E-state index in [9.17, 15) is 19.2 Å². The van der Waals surface area contributed by atoms with Crippen LogP contribution < -0.4 is 0 Å². The average Bonchev–Trinajstić information content (AvgIpc) is 3.34. The zero-order chi connectivity index (χ0) is 23.5. The lowest BCUT2D eigenvalue weighted by Crippen LogP contribution is -2.56. The Kier molecular flexibility index (Phi) is 6.51. The number of piperazine rings is 1. The van der Waals surface area contributed by atoms with E-state index in [0.29, 0.717) is 35.6 Å². The van der Waals surface area contributed by atoms with Gasteiger partial charge in [0.25, 0.3) is 11.8 Å². The van der Waals surface area contributed by atoms with E-state index < -0.39 is 11.7 Å². The summed E-state index contributed by atoms with van der Waals surface area (Å²) in [6.07, 6.45) is 0. The largest absolute Gasteiger partial charge is 0.335 e. The summed E-state index contributed by atoms with van der Waals surface area (Å²) in [6, 6.07) is 19.3. The quantitative estimate of drug-likeness (QED) is 0.423. The first kappa shape index (κ1) is 22.6. The molecule has 0 aliphatic carbocycles. The highest BCUT2D eigenvalue weighted by atomic mass is 32.1. The maximum Gasteiger partial charge on any atom is 0.295 e. The van der Waals surface area contributed by atoms with Gasteiger partial charge in [0, 0.05) is 41.7 Å². The summed E-state index contributed by atoms with van der Waals surface area (Å²) in [4.78, 5) is 54.9. The van der Waals surface area contributed by atoms with E-state index >= 15 is 0 Å². The van der Waals surface area contributed by atoms with Crippen molar-refractivity contribution in [3.63, 3.8) is 0 Å². The fourth-order valence-electron chi connectivity index (χ4n) is 3.93. The van der Waals surface area contributed by atoms with Gasteiger partial charge in [-0.2, -0.15) is 0 Å². The van der Waals surface area contributed by atoms with Gasteiger partial charge in [-0.3, -0.25) is 19.2 Å². The number of ketones is 2. The van der Waals surface area contributed by atoms with Crippen LogP contribution in [0.2, 0.25) is 0 Å². The summed E-state index contributed by atoms with van der Waals surface area (Å²) < 4.78 is 0. The molecule has 33 heavy (non-hydrogen) atoms. The number of hydrogen-bond donors (Lipinski definition) is 0. The number of carbonyl (C=O) groups excluding carboxylic acids is 4. The first-order valence-electron chi connectivity index (χ1n) is 10.8. The van der Waals surface area contributed by atoms with Gasteiger partial charge >= 0.3 is 0 Å². The van der Waals surface area contributed by atoms with Gasteiger partial charge < -0.3 is 9.80 Å². The molecule has 1 fully saturated rings. The molecule has 4 rings (SSSR count). The Morgan fingerprint density at radius 3 is 2.15 bits per heavy atom. The molecule has 0 unspecified atom stereocenters. The van der Waals surface area contributed by atoms with Crippen LogP contribution in [0.4, 0.5) is 0 Å². The molecule has 0 bridgehead atoms. The van der Waals surface area contributed by atoms with Crippen molar-refractivity contribution in [2.24, 2.45) is 0 Å². The van der Waals surface area contributed by atoms with Crippen molar-refractivity contribution >= 4 is 34.7 Å². The fourth-order valence-corrected chi connectivity index (χ4v) is 4.84.